The Kier molecular flexibility index (Phi) is 5.00. The van der Waals surface area contributed by atoms with Gasteiger partial charge in [0.1, 0.15) is 5.82 Å². The maximum atomic E-state index is 12.1. The number of hydrogen-bond donors (Lipinski definition) is 2. The lowest BCUT2D eigenvalue weighted by molar-refractivity contribution is 0.236. The van der Waals surface area contributed by atoms with Gasteiger partial charge in [-0.15, -0.1) is 0 Å². The third kappa shape index (κ3) is 4.27. The number of alkyl halides is 2. The lowest BCUT2D eigenvalue weighted by atomic mass is 10.2. The first-order valence-electron chi connectivity index (χ1n) is 4.81. The van der Waals surface area contributed by atoms with E-state index >= 15 is 0 Å². The molecule has 0 spiro atoms. The topological polar surface area (TPSA) is 79.3 Å². The monoisotopic (exact) mass is 276 g/mol. The van der Waals surface area contributed by atoms with Gasteiger partial charge in [-0.25, -0.2) is 13.4 Å². The highest BCUT2D eigenvalue weighted by molar-refractivity contribution is 7.92. The molecule has 1 aromatic rings. The molecule has 1 rings (SSSR count). The van der Waals surface area contributed by atoms with Crippen molar-refractivity contribution in [1.82, 2.24) is 4.98 Å². The van der Waals surface area contributed by atoms with E-state index in [0.717, 1.165) is 0 Å². The Bertz CT molecular complexity index is 564. The van der Waals surface area contributed by atoms with Crippen LogP contribution in [-0.2, 0) is 10.0 Å². The first-order chi connectivity index (χ1) is 8.45. The molecule has 0 saturated heterocycles. The summed E-state index contributed by atoms with van der Waals surface area (Å²) in [6.45, 7) is -0.0943. The van der Waals surface area contributed by atoms with Crippen molar-refractivity contribution in [3.8, 4) is 11.8 Å². The minimum atomic E-state index is -4.73. The van der Waals surface area contributed by atoms with E-state index in [4.69, 9.17) is 5.11 Å². The van der Waals surface area contributed by atoms with E-state index in [1.54, 1.807) is 4.72 Å². The van der Waals surface area contributed by atoms with Gasteiger partial charge in [-0.2, -0.15) is 8.78 Å². The zero-order valence-corrected chi connectivity index (χ0v) is 9.92. The third-order valence-corrected chi connectivity index (χ3v) is 2.67. The van der Waals surface area contributed by atoms with Gasteiger partial charge in [-0.05, 0) is 12.1 Å². The minimum absolute atomic E-state index is 0.0943. The van der Waals surface area contributed by atoms with Crippen molar-refractivity contribution in [2.24, 2.45) is 0 Å². The van der Waals surface area contributed by atoms with Crippen molar-refractivity contribution in [2.45, 2.75) is 12.2 Å². The second-order valence-electron chi connectivity index (χ2n) is 3.11. The average Bonchev–Trinajstić information content (AvgIpc) is 2.29. The van der Waals surface area contributed by atoms with E-state index in [1.807, 2.05) is 0 Å². The van der Waals surface area contributed by atoms with Crippen molar-refractivity contribution in [3.05, 3.63) is 23.9 Å². The molecule has 0 unspecified atom stereocenters. The van der Waals surface area contributed by atoms with Crippen LogP contribution in [0.1, 0.15) is 12.0 Å². The Morgan fingerprint density at radius 2 is 2.22 bits per heavy atom. The van der Waals surface area contributed by atoms with E-state index in [1.165, 1.54) is 18.3 Å². The van der Waals surface area contributed by atoms with Gasteiger partial charge in [0, 0.05) is 18.2 Å². The fourth-order valence-electron chi connectivity index (χ4n) is 0.975. The van der Waals surface area contributed by atoms with Crippen LogP contribution in [0.25, 0.3) is 0 Å². The highest BCUT2D eigenvalue weighted by atomic mass is 32.2. The normalized spacial score (nSPS) is 10.9. The lowest BCUT2D eigenvalue weighted by Crippen LogP contribution is -2.21. The van der Waals surface area contributed by atoms with Gasteiger partial charge >= 0.3 is 5.76 Å². The molecule has 0 saturated carbocycles. The molecule has 5 nitrogen and oxygen atoms in total. The highest BCUT2D eigenvalue weighted by Crippen LogP contribution is 2.12. The second kappa shape index (κ2) is 6.28. The van der Waals surface area contributed by atoms with Gasteiger partial charge in [-0.3, -0.25) is 4.72 Å². The number of halogens is 2. The molecule has 1 aromatic heterocycles. The van der Waals surface area contributed by atoms with Gasteiger partial charge in [0.15, 0.2) is 0 Å². The summed E-state index contributed by atoms with van der Waals surface area (Å²) in [5, 5.41) is 8.52. The molecule has 0 aliphatic rings. The van der Waals surface area contributed by atoms with Crippen molar-refractivity contribution >= 4 is 15.8 Å². The summed E-state index contributed by atoms with van der Waals surface area (Å²) in [5.41, 5.74) is 0.408. The van der Waals surface area contributed by atoms with Crippen LogP contribution in [0.4, 0.5) is 14.6 Å². The Hall–Kier alpha value is -1.72. The molecule has 0 bridgehead atoms. The Labute approximate surface area is 103 Å². The lowest BCUT2D eigenvalue weighted by Gasteiger charge is -2.05. The predicted octanol–water partition coefficient (Wildman–Crippen LogP) is 0.780. The number of hydrogen-bond acceptors (Lipinski definition) is 4. The number of sulfonamides is 1. The fraction of sp³-hybridized carbons (Fsp3) is 0.300. The van der Waals surface area contributed by atoms with Crippen LogP contribution < -0.4 is 4.72 Å². The molecule has 0 fully saturated rings. The maximum absolute atomic E-state index is 12.1. The molecule has 0 atom stereocenters. The predicted molar refractivity (Wildman–Crippen MR) is 61.4 cm³/mol. The van der Waals surface area contributed by atoms with E-state index in [0.29, 0.717) is 5.56 Å². The number of rotatable bonds is 4. The SMILES string of the molecule is O=S(=O)(Nc1cc(C#CCCO)ccn1)C(F)F. The first kappa shape index (κ1) is 14.3. The number of nitrogens with one attached hydrogen (secondary N) is 1. The van der Waals surface area contributed by atoms with Crippen molar-refractivity contribution in [2.75, 3.05) is 11.3 Å². The average molecular weight is 276 g/mol. The van der Waals surface area contributed by atoms with Crippen LogP contribution in [0.3, 0.4) is 0 Å². The molecule has 18 heavy (non-hydrogen) atoms. The summed E-state index contributed by atoms with van der Waals surface area (Å²) in [4.78, 5) is 3.59. The van der Waals surface area contributed by atoms with Crippen LogP contribution >= 0.6 is 0 Å². The Balaban J connectivity index is 2.88. The van der Waals surface area contributed by atoms with Crippen LogP contribution in [-0.4, -0.2) is 30.9 Å². The summed E-state index contributed by atoms with van der Waals surface area (Å²) >= 11 is 0. The molecule has 0 radical (unpaired) electrons. The first-order valence-corrected chi connectivity index (χ1v) is 6.36. The van der Waals surface area contributed by atoms with Crippen molar-refractivity contribution in [3.63, 3.8) is 0 Å². The maximum Gasteiger partial charge on any atom is 0.355 e. The summed E-state index contributed by atoms with van der Waals surface area (Å²) in [6.07, 6.45) is 1.51. The molecular weight excluding hydrogens is 266 g/mol. The van der Waals surface area contributed by atoms with Crippen molar-refractivity contribution < 1.29 is 22.3 Å². The molecule has 98 valence electrons. The number of nitrogens with zero attached hydrogens (tertiary/aromatic N) is 1. The minimum Gasteiger partial charge on any atom is -0.395 e. The number of anilines is 1. The number of pyridine rings is 1. The summed E-state index contributed by atoms with van der Waals surface area (Å²) in [5.74, 6) is 1.48. The molecule has 0 aliphatic heterocycles. The molecule has 0 amide bonds. The van der Waals surface area contributed by atoms with E-state index in [9.17, 15) is 17.2 Å². The van der Waals surface area contributed by atoms with Crippen LogP contribution in [0.15, 0.2) is 18.3 Å². The fourth-order valence-corrected chi connectivity index (χ4v) is 1.47. The van der Waals surface area contributed by atoms with Gasteiger partial charge in [0.2, 0.25) is 0 Å². The van der Waals surface area contributed by atoms with Crippen molar-refractivity contribution in [1.29, 1.82) is 0 Å². The smallest absolute Gasteiger partial charge is 0.355 e. The number of aromatic nitrogens is 1. The number of aliphatic hydroxyl groups is 1. The second-order valence-corrected chi connectivity index (χ2v) is 4.76. The number of aliphatic hydroxyl groups excluding tert-OH is 1. The van der Waals surface area contributed by atoms with Crippen LogP contribution in [0.2, 0.25) is 0 Å². The van der Waals surface area contributed by atoms with E-state index in [2.05, 4.69) is 16.8 Å². The van der Waals surface area contributed by atoms with E-state index in [-0.39, 0.29) is 18.8 Å². The molecule has 0 aromatic carbocycles. The summed E-state index contributed by atoms with van der Waals surface area (Å²) < 4.78 is 47.7. The zero-order valence-electron chi connectivity index (χ0n) is 9.10. The van der Waals surface area contributed by atoms with Crippen LogP contribution in [0, 0.1) is 11.8 Å². The quantitative estimate of drug-likeness (QED) is 0.796. The molecular formula is C10H10F2N2O3S. The van der Waals surface area contributed by atoms with Gasteiger partial charge in [0.25, 0.3) is 10.0 Å². The van der Waals surface area contributed by atoms with Gasteiger partial charge < -0.3 is 5.11 Å². The highest BCUT2D eigenvalue weighted by Gasteiger charge is 2.24. The van der Waals surface area contributed by atoms with Gasteiger partial charge in [0.05, 0.1) is 6.61 Å². The summed E-state index contributed by atoms with van der Waals surface area (Å²) in [6, 6.07) is 2.72. The van der Waals surface area contributed by atoms with Gasteiger partial charge in [-0.1, -0.05) is 11.8 Å². The third-order valence-electron chi connectivity index (χ3n) is 1.71. The summed E-state index contributed by atoms with van der Waals surface area (Å²) in [7, 11) is -4.73. The molecule has 8 heteroatoms. The zero-order chi connectivity index (χ0) is 13.6. The molecule has 1 heterocycles. The standard InChI is InChI=1S/C10H10F2N2O3S/c11-10(12)18(16,17)14-9-7-8(4-5-13-9)3-1-2-6-15/h4-5,7,10,15H,2,6H2,(H,13,14). The Morgan fingerprint density at radius 1 is 1.50 bits per heavy atom. The van der Waals surface area contributed by atoms with Crippen LogP contribution in [0.5, 0.6) is 0 Å². The largest absolute Gasteiger partial charge is 0.395 e. The molecule has 0 aliphatic carbocycles. The van der Waals surface area contributed by atoms with E-state index < -0.39 is 15.8 Å². The Morgan fingerprint density at radius 3 is 2.83 bits per heavy atom. The molecule has 2 N–H and O–H groups in total.